The van der Waals surface area contributed by atoms with Gasteiger partial charge in [-0.15, -0.1) is 0 Å². The molecule has 0 aliphatic carbocycles. The molecule has 0 aliphatic heterocycles. The van der Waals surface area contributed by atoms with Gasteiger partial charge in [0.1, 0.15) is 12.6 Å². The number of alkyl halides is 3. The molecule has 7 nitrogen and oxygen atoms in total. The van der Waals surface area contributed by atoms with Gasteiger partial charge in [-0.25, -0.2) is 8.42 Å². The normalized spacial score (nSPS) is 12.4. The number of sulfonamides is 1. The zero-order valence-electron chi connectivity index (χ0n) is 21.6. The fraction of sp³-hybridized carbons (Fsp3) is 0.286. The number of hydrogen-bond donors (Lipinski definition) is 1. The van der Waals surface area contributed by atoms with E-state index in [-0.39, 0.29) is 17.1 Å². The van der Waals surface area contributed by atoms with E-state index >= 15 is 0 Å². The van der Waals surface area contributed by atoms with Crippen molar-refractivity contribution < 1.29 is 31.2 Å². The lowest BCUT2D eigenvalue weighted by molar-refractivity contribution is -0.138. The second-order valence-corrected chi connectivity index (χ2v) is 10.6. The molecule has 3 aromatic rings. The summed E-state index contributed by atoms with van der Waals surface area (Å²) in [5.41, 5.74) is -0.488. The van der Waals surface area contributed by atoms with Gasteiger partial charge in [0, 0.05) is 13.1 Å². The van der Waals surface area contributed by atoms with Crippen LogP contribution in [0.1, 0.15) is 25.0 Å². The molecule has 0 heterocycles. The Hall–Kier alpha value is -3.86. The van der Waals surface area contributed by atoms with E-state index in [1.807, 2.05) is 30.3 Å². The number of carbonyl (C=O) groups excluding carboxylic acids is 2. The Morgan fingerprint density at radius 2 is 1.54 bits per heavy atom. The maximum absolute atomic E-state index is 13.7. The van der Waals surface area contributed by atoms with Crippen LogP contribution in [-0.4, -0.2) is 50.8 Å². The Morgan fingerprint density at radius 1 is 0.923 bits per heavy atom. The summed E-state index contributed by atoms with van der Waals surface area (Å²) in [7, 11) is -4.45. The van der Waals surface area contributed by atoms with Crippen molar-refractivity contribution in [3.05, 3.63) is 96.1 Å². The fourth-order valence-corrected chi connectivity index (χ4v) is 5.40. The van der Waals surface area contributed by atoms with E-state index in [0.717, 1.165) is 17.7 Å². The van der Waals surface area contributed by atoms with Crippen molar-refractivity contribution in [2.75, 3.05) is 23.9 Å². The summed E-state index contributed by atoms with van der Waals surface area (Å²) >= 11 is 0. The summed E-state index contributed by atoms with van der Waals surface area (Å²) in [4.78, 5) is 27.4. The zero-order chi connectivity index (χ0) is 28.6. The number of nitrogens with zero attached hydrogens (tertiary/aromatic N) is 2. The van der Waals surface area contributed by atoms with Crippen molar-refractivity contribution >= 4 is 27.5 Å². The molecule has 208 valence electrons. The number of nitrogens with one attached hydrogen (secondary N) is 1. The molecule has 0 saturated heterocycles. The standard InChI is InChI=1S/C28H30F3N3O4S/c1-3-32-27(36)21(2)33(18-17-22-11-6-4-7-12-22)26(35)20-34(39(37,38)25-15-8-5-9-16-25)24-14-10-13-23(19-24)28(29,30)31/h4-16,19,21H,3,17-18,20H2,1-2H3,(H,32,36)/t21-/m0/s1. The van der Waals surface area contributed by atoms with Crippen LogP contribution in [0.2, 0.25) is 0 Å². The zero-order valence-corrected chi connectivity index (χ0v) is 22.4. The van der Waals surface area contributed by atoms with E-state index in [1.165, 1.54) is 42.2 Å². The Labute approximate surface area is 226 Å². The minimum Gasteiger partial charge on any atom is -0.355 e. The molecule has 3 aromatic carbocycles. The second-order valence-electron chi connectivity index (χ2n) is 8.77. The van der Waals surface area contributed by atoms with Crippen molar-refractivity contribution in [1.29, 1.82) is 0 Å². The van der Waals surface area contributed by atoms with Crippen molar-refractivity contribution in [2.24, 2.45) is 0 Å². The number of hydrogen-bond acceptors (Lipinski definition) is 4. The highest BCUT2D eigenvalue weighted by atomic mass is 32.2. The molecule has 0 radical (unpaired) electrons. The molecule has 0 bridgehead atoms. The van der Waals surface area contributed by atoms with Gasteiger partial charge in [0.05, 0.1) is 16.1 Å². The van der Waals surface area contributed by atoms with Crippen molar-refractivity contribution in [3.8, 4) is 0 Å². The van der Waals surface area contributed by atoms with Crippen molar-refractivity contribution in [3.63, 3.8) is 0 Å². The van der Waals surface area contributed by atoms with Gasteiger partial charge < -0.3 is 10.2 Å². The molecule has 1 atom stereocenters. The Kier molecular flexibility index (Phi) is 9.74. The highest BCUT2D eigenvalue weighted by molar-refractivity contribution is 7.92. The lowest BCUT2D eigenvalue weighted by Crippen LogP contribution is -2.52. The Morgan fingerprint density at radius 3 is 2.13 bits per heavy atom. The van der Waals surface area contributed by atoms with Crippen LogP contribution in [0.3, 0.4) is 0 Å². The van der Waals surface area contributed by atoms with Crippen LogP contribution in [0.5, 0.6) is 0 Å². The number of anilines is 1. The van der Waals surface area contributed by atoms with Crippen LogP contribution < -0.4 is 9.62 Å². The first-order valence-corrected chi connectivity index (χ1v) is 13.7. The maximum atomic E-state index is 13.7. The minimum atomic E-state index is -4.73. The molecule has 1 N–H and O–H groups in total. The monoisotopic (exact) mass is 561 g/mol. The van der Waals surface area contributed by atoms with Crippen LogP contribution in [0.4, 0.5) is 18.9 Å². The van der Waals surface area contributed by atoms with Crippen molar-refractivity contribution in [2.45, 2.75) is 37.4 Å². The van der Waals surface area contributed by atoms with Gasteiger partial charge in [0.25, 0.3) is 10.0 Å². The lowest BCUT2D eigenvalue weighted by atomic mass is 10.1. The lowest BCUT2D eigenvalue weighted by Gasteiger charge is -2.32. The van der Waals surface area contributed by atoms with Crippen LogP contribution >= 0.6 is 0 Å². The number of amides is 2. The largest absolute Gasteiger partial charge is 0.416 e. The average molecular weight is 562 g/mol. The maximum Gasteiger partial charge on any atom is 0.416 e. The van der Waals surface area contributed by atoms with Gasteiger partial charge >= 0.3 is 6.18 Å². The van der Waals surface area contributed by atoms with Gasteiger partial charge in [-0.3, -0.25) is 13.9 Å². The molecule has 0 spiro atoms. The summed E-state index contributed by atoms with van der Waals surface area (Å²) in [6, 6.07) is 19.2. The topological polar surface area (TPSA) is 86.8 Å². The van der Waals surface area contributed by atoms with Crippen LogP contribution in [0.25, 0.3) is 0 Å². The first-order chi connectivity index (χ1) is 18.4. The third-order valence-corrected chi connectivity index (χ3v) is 7.86. The number of halogens is 3. The van der Waals surface area contributed by atoms with E-state index in [9.17, 15) is 31.2 Å². The minimum absolute atomic E-state index is 0.0863. The summed E-state index contributed by atoms with van der Waals surface area (Å²) in [5.74, 6) is -1.17. The number of rotatable bonds is 11. The average Bonchev–Trinajstić information content (AvgIpc) is 2.92. The summed E-state index contributed by atoms with van der Waals surface area (Å²) in [6.07, 6.45) is -4.35. The number of carbonyl (C=O) groups is 2. The van der Waals surface area contributed by atoms with E-state index in [2.05, 4.69) is 5.32 Å². The molecule has 2 amide bonds. The smallest absolute Gasteiger partial charge is 0.355 e. The predicted octanol–water partition coefficient (Wildman–Crippen LogP) is 4.50. The van der Waals surface area contributed by atoms with Crippen LogP contribution in [0.15, 0.2) is 89.8 Å². The first-order valence-electron chi connectivity index (χ1n) is 12.3. The Balaban J connectivity index is 2.02. The molecule has 0 saturated carbocycles. The third kappa shape index (κ3) is 7.60. The molecule has 0 aliphatic rings. The third-order valence-electron chi connectivity index (χ3n) is 6.07. The van der Waals surface area contributed by atoms with Gasteiger partial charge in [0.2, 0.25) is 11.8 Å². The van der Waals surface area contributed by atoms with E-state index in [4.69, 9.17) is 0 Å². The molecule has 0 aromatic heterocycles. The van der Waals surface area contributed by atoms with E-state index < -0.39 is 46.2 Å². The van der Waals surface area contributed by atoms with Gasteiger partial charge in [-0.05, 0) is 56.2 Å². The predicted molar refractivity (Wildman–Crippen MR) is 142 cm³/mol. The molecule has 3 rings (SSSR count). The molecule has 0 unspecified atom stereocenters. The molecular formula is C28H30F3N3O4S. The van der Waals surface area contributed by atoms with Gasteiger partial charge in [0.15, 0.2) is 0 Å². The first kappa shape index (κ1) is 29.7. The molecule has 0 fully saturated rings. The molecule has 11 heteroatoms. The highest BCUT2D eigenvalue weighted by Gasteiger charge is 2.35. The number of benzene rings is 3. The number of likely N-dealkylation sites (N-methyl/N-ethyl adjacent to an activating group) is 1. The van der Waals surface area contributed by atoms with Crippen molar-refractivity contribution in [1.82, 2.24) is 10.2 Å². The van der Waals surface area contributed by atoms with Crippen LogP contribution in [-0.2, 0) is 32.2 Å². The second kappa shape index (κ2) is 12.8. The highest BCUT2D eigenvalue weighted by Crippen LogP contribution is 2.33. The van der Waals surface area contributed by atoms with Gasteiger partial charge in [-0.1, -0.05) is 54.6 Å². The van der Waals surface area contributed by atoms with Gasteiger partial charge in [-0.2, -0.15) is 13.2 Å². The summed E-state index contributed by atoms with van der Waals surface area (Å²) in [5, 5.41) is 2.65. The van der Waals surface area contributed by atoms with E-state index in [1.54, 1.807) is 13.0 Å². The quantitative estimate of drug-likeness (QED) is 0.374. The fourth-order valence-electron chi connectivity index (χ4n) is 3.98. The van der Waals surface area contributed by atoms with E-state index in [0.29, 0.717) is 23.3 Å². The van der Waals surface area contributed by atoms with Crippen LogP contribution in [0, 0.1) is 0 Å². The molecule has 39 heavy (non-hydrogen) atoms. The Bertz CT molecular complexity index is 1370. The summed E-state index contributed by atoms with van der Waals surface area (Å²) < 4.78 is 68.4. The molecular weight excluding hydrogens is 531 g/mol. The summed E-state index contributed by atoms with van der Waals surface area (Å²) in [6.45, 7) is 2.85. The SMILES string of the molecule is CCNC(=O)[C@H](C)N(CCc1ccccc1)C(=O)CN(c1cccc(C(F)(F)F)c1)S(=O)(=O)c1ccccc1.